The van der Waals surface area contributed by atoms with Gasteiger partial charge in [0.25, 0.3) is 0 Å². The van der Waals surface area contributed by atoms with Gasteiger partial charge >= 0.3 is 12.1 Å². The van der Waals surface area contributed by atoms with Crippen LogP contribution in [0.5, 0.6) is 0 Å². The lowest BCUT2D eigenvalue weighted by Gasteiger charge is -2.27. The number of amides is 1. The van der Waals surface area contributed by atoms with Crippen molar-refractivity contribution < 1.29 is 19.4 Å². The van der Waals surface area contributed by atoms with E-state index in [1.54, 1.807) is 6.08 Å². The van der Waals surface area contributed by atoms with Gasteiger partial charge in [0.05, 0.1) is 0 Å². The van der Waals surface area contributed by atoms with E-state index in [-0.39, 0.29) is 6.04 Å². The van der Waals surface area contributed by atoms with Crippen molar-refractivity contribution >= 4 is 18.1 Å². The first-order valence-corrected chi connectivity index (χ1v) is 7.75. The van der Waals surface area contributed by atoms with Crippen molar-refractivity contribution in [3.05, 3.63) is 41.0 Å². The van der Waals surface area contributed by atoms with Crippen LogP contribution in [0.15, 0.2) is 24.3 Å². The number of carbonyl (C=O) groups is 2. The summed E-state index contributed by atoms with van der Waals surface area (Å²) in [6.07, 6.45) is 4.79. The van der Waals surface area contributed by atoms with Crippen LogP contribution < -0.4 is 5.32 Å². The lowest BCUT2D eigenvalue weighted by molar-refractivity contribution is -0.131. The van der Waals surface area contributed by atoms with Crippen LogP contribution in [0.2, 0.25) is 0 Å². The second kappa shape index (κ2) is 6.86. The molecule has 1 aliphatic rings. The fourth-order valence-corrected chi connectivity index (χ4v) is 2.65. The second-order valence-electron chi connectivity index (χ2n) is 6.79. The summed E-state index contributed by atoms with van der Waals surface area (Å²) in [4.78, 5) is 22.5. The molecule has 0 saturated carbocycles. The van der Waals surface area contributed by atoms with Gasteiger partial charge in [-0.3, -0.25) is 0 Å². The summed E-state index contributed by atoms with van der Waals surface area (Å²) >= 11 is 0. The standard InChI is InChI=1S/C18H23NO4/c1-18(2,3)23-17(22)19-15-8-7-13-6-4-12(5-9-16(20)21)10-14(13)11-15/h4-6,9-10,15H,7-8,11H2,1-3H3,(H,19,22)(H,20,21)/b9-5+/t15-/m0/s1. The van der Waals surface area contributed by atoms with E-state index in [2.05, 4.69) is 5.32 Å². The van der Waals surface area contributed by atoms with Crippen LogP contribution in [0.3, 0.4) is 0 Å². The average molecular weight is 317 g/mol. The van der Waals surface area contributed by atoms with Crippen LogP contribution in [0.1, 0.15) is 43.9 Å². The normalized spacial score (nSPS) is 17.6. The van der Waals surface area contributed by atoms with Gasteiger partial charge in [0.2, 0.25) is 0 Å². The number of carboxylic acid groups (broad SMARTS) is 1. The third kappa shape index (κ3) is 5.43. The number of benzene rings is 1. The van der Waals surface area contributed by atoms with Crippen molar-refractivity contribution in [1.82, 2.24) is 5.32 Å². The van der Waals surface area contributed by atoms with Crippen molar-refractivity contribution in [3.8, 4) is 0 Å². The van der Waals surface area contributed by atoms with Crippen LogP contribution in [0.4, 0.5) is 4.79 Å². The molecule has 0 spiro atoms. The van der Waals surface area contributed by atoms with Crippen LogP contribution >= 0.6 is 0 Å². The summed E-state index contributed by atoms with van der Waals surface area (Å²) in [6.45, 7) is 5.51. The van der Waals surface area contributed by atoms with E-state index in [0.717, 1.165) is 36.5 Å². The number of rotatable bonds is 3. The number of carboxylic acids is 1. The van der Waals surface area contributed by atoms with Gasteiger partial charge < -0.3 is 15.2 Å². The fourth-order valence-electron chi connectivity index (χ4n) is 2.65. The molecule has 2 N–H and O–H groups in total. The molecular weight excluding hydrogens is 294 g/mol. The van der Waals surface area contributed by atoms with E-state index < -0.39 is 17.7 Å². The molecule has 0 aromatic heterocycles. The zero-order chi connectivity index (χ0) is 17.0. The highest BCUT2D eigenvalue weighted by molar-refractivity contribution is 5.85. The summed E-state index contributed by atoms with van der Waals surface area (Å²) in [7, 11) is 0. The second-order valence-corrected chi connectivity index (χ2v) is 6.79. The highest BCUT2D eigenvalue weighted by Crippen LogP contribution is 2.23. The predicted molar refractivity (Wildman–Crippen MR) is 88.3 cm³/mol. The summed E-state index contributed by atoms with van der Waals surface area (Å²) in [5, 5.41) is 11.6. The molecule has 0 saturated heterocycles. The van der Waals surface area contributed by atoms with E-state index in [9.17, 15) is 9.59 Å². The van der Waals surface area contributed by atoms with Crippen molar-refractivity contribution in [2.45, 2.75) is 51.7 Å². The van der Waals surface area contributed by atoms with Gasteiger partial charge in [-0.2, -0.15) is 0 Å². The zero-order valence-electron chi connectivity index (χ0n) is 13.8. The maximum Gasteiger partial charge on any atom is 0.407 e. The van der Waals surface area contributed by atoms with E-state index >= 15 is 0 Å². The third-order valence-corrected chi connectivity index (χ3v) is 3.60. The molecule has 5 heteroatoms. The Morgan fingerprint density at radius 1 is 1.30 bits per heavy atom. The summed E-state index contributed by atoms with van der Waals surface area (Å²) in [5.74, 6) is -0.966. The molecule has 23 heavy (non-hydrogen) atoms. The SMILES string of the molecule is CC(C)(C)OC(=O)N[C@H]1CCc2ccc(/C=C/C(=O)O)cc2C1. The van der Waals surface area contributed by atoms with Gasteiger partial charge in [-0.15, -0.1) is 0 Å². The lowest BCUT2D eigenvalue weighted by Crippen LogP contribution is -2.41. The Kier molecular flexibility index (Phi) is 5.08. The molecule has 0 unspecified atom stereocenters. The summed E-state index contributed by atoms with van der Waals surface area (Å²) in [6, 6.07) is 5.97. The van der Waals surface area contributed by atoms with Crippen molar-refractivity contribution in [2.75, 3.05) is 0 Å². The van der Waals surface area contributed by atoms with Crippen LogP contribution in [-0.2, 0) is 22.4 Å². The molecule has 1 atom stereocenters. The number of hydrogen-bond donors (Lipinski definition) is 2. The molecule has 1 aromatic rings. The molecule has 0 bridgehead atoms. The third-order valence-electron chi connectivity index (χ3n) is 3.60. The molecule has 2 rings (SSSR count). The first-order valence-electron chi connectivity index (χ1n) is 7.75. The predicted octanol–water partition coefficient (Wildman–Crippen LogP) is 3.17. The summed E-state index contributed by atoms with van der Waals surface area (Å²) in [5.41, 5.74) is 2.74. The lowest BCUT2D eigenvalue weighted by atomic mass is 9.87. The Hall–Kier alpha value is -2.30. The first kappa shape index (κ1) is 17.1. The number of nitrogens with one attached hydrogen (secondary N) is 1. The molecule has 0 radical (unpaired) electrons. The molecule has 0 fully saturated rings. The minimum Gasteiger partial charge on any atom is -0.478 e. The fraction of sp³-hybridized carbons (Fsp3) is 0.444. The van der Waals surface area contributed by atoms with Gasteiger partial charge in [-0.05, 0) is 62.8 Å². The number of fused-ring (bicyclic) bond motifs is 1. The van der Waals surface area contributed by atoms with E-state index in [0.29, 0.717) is 0 Å². The van der Waals surface area contributed by atoms with E-state index in [1.165, 1.54) is 5.56 Å². The topological polar surface area (TPSA) is 75.6 Å². The number of ether oxygens (including phenoxy) is 1. The first-order chi connectivity index (χ1) is 10.7. The van der Waals surface area contributed by atoms with E-state index in [4.69, 9.17) is 9.84 Å². The number of carbonyl (C=O) groups excluding carboxylic acids is 1. The van der Waals surface area contributed by atoms with Crippen molar-refractivity contribution in [2.24, 2.45) is 0 Å². The molecular formula is C18H23NO4. The van der Waals surface area contributed by atoms with E-state index in [1.807, 2.05) is 39.0 Å². The molecule has 0 heterocycles. The monoisotopic (exact) mass is 317 g/mol. The Morgan fingerprint density at radius 2 is 2.04 bits per heavy atom. The minimum absolute atomic E-state index is 0.0380. The molecule has 5 nitrogen and oxygen atoms in total. The van der Waals surface area contributed by atoms with Gasteiger partial charge in [0.1, 0.15) is 5.60 Å². The average Bonchev–Trinajstić information content (AvgIpc) is 2.42. The smallest absolute Gasteiger partial charge is 0.407 e. The highest BCUT2D eigenvalue weighted by Gasteiger charge is 2.23. The quantitative estimate of drug-likeness (QED) is 0.840. The Balaban J connectivity index is 2.03. The summed E-state index contributed by atoms with van der Waals surface area (Å²) < 4.78 is 5.29. The molecule has 124 valence electrons. The minimum atomic E-state index is -0.966. The van der Waals surface area contributed by atoms with Gasteiger partial charge in [0, 0.05) is 12.1 Å². The highest BCUT2D eigenvalue weighted by atomic mass is 16.6. The number of hydrogen-bond acceptors (Lipinski definition) is 3. The van der Waals surface area contributed by atoms with Crippen molar-refractivity contribution in [3.63, 3.8) is 0 Å². The molecule has 1 aliphatic carbocycles. The van der Waals surface area contributed by atoms with Crippen molar-refractivity contribution in [1.29, 1.82) is 0 Å². The number of aryl methyl sites for hydroxylation is 1. The number of alkyl carbamates (subject to hydrolysis) is 1. The van der Waals surface area contributed by atoms with Crippen LogP contribution in [0, 0.1) is 0 Å². The van der Waals surface area contributed by atoms with Gasteiger partial charge in [-0.25, -0.2) is 9.59 Å². The Bertz CT molecular complexity index is 628. The molecule has 0 aliphatic heterocycles. The largest absolute Gasteiger partial charge is 0.478 e. The Labute approximate surface area is 136 Å². The Morgan fingerprint density at radius 3 is 2.70 bits per heavy atom. The van der Waals surface area contributed by atoms with Crippen LogP contribution in [-0.4, -0.2) is 28.8 Å². The maximum absolute atomic E-state index is 11.9. The molecule has 1 aromatic carbocycles. The molecule has 1 amide bonds. The number of aliphatic carboxylic acids is 1. The van der Waals surface area contributed by atoms with Crippen LogP contribution in [0.25, 0.3) is 6.08 Å². The maximum atomic E-state index is 11.9. The zero-order valence-corrected chi connectivity index (χ0v) is 13.8. The van der Waals surface area contributed by atoms with Gasteiger partial charge in [0.15, 0.2) is 0 Å². The van der Waals surface area contributed by atoms with Gasteiger partial charge in [-0.1, -0.05) is 18.2 Å².